The highest BCUT2D eigenvalue weighted by Crippen LogP contribution is 2.35. The highest BCUT2D eigenvalue weighted by Gasteiger charge is 2.21. The Morgan fingerprint density at radius 1 is 1.15 bits per heavy atom. The van der Waals surface area contributed by atoms with Crippen LogP contribution in [0.5, 0.6) is 5.75 Å². The van der Waals surface area contributed by atoms with Gasteiger partial charge in [-0.05, 0) is 36.5 Å². The summed E-state index contributed by atoms with van der Waals surface area (Å²) in [7, 11) is 0. The van der Waals surface area contributed by atoms with E-state index in [4.69, 9.17) is 11.2 Å². The lowest BCUT2D eigenvalue weighted by atomic mass is 9.84. The van der Waals surface area contributed by atoms with E-state index < -0.39 is 0 Å². The second-order valence-corrected chi connectivity index (χ2v) is 6.47. The zero-order chi connectivity index (χ0) is 15.2. The van der Waals surface area contributed by atoms with Crippen molar-refractivity contribution in [2.75, 3.05) is 6.61 Å². The maximum absolute atomic E-state index is 6.07. The van der Waals surface area contributed by atoms with Crippen LogP contribution >= 0.6 is 0 Å². The van der Waals surface area contributed by atoms with Crippen molar-refractivity contribution in [1.82, 2.24) is 0 Å². The molecule has 20 heavy (non-hydrogen) atoms. The highest BCUT2D eigenvalue weighted by molar-refractivity contribution is 5.51. The van der Waals surface area contributed by atoms with Gasteiger partial charge in [-0.2, -0.15) is 0 Å². The molecule has 1 nitrogen and oxygen atoms in total. The van der Waals surface area contributed by atoms with E-state index in [0.717, 1.165) is 29.9 Å². The molecule has 0 heterocycles. The summed E-state index contributed by atoms with van der Waals surface area (Å²) < 4.78 is 6.07. The van der Waals surface area contributed by atoms with Crippen molar-refractivity contribution in [3.63, 3.8) is 0 Å². The predicted octanol–water partition coefficient (Wildman–Crippen LogP) is 5.23. The van der Waals surface area contributed by atoms with Gasteiger partial charge in [0.15, 0.2) is 0 Å². The van der Waals surface area contributed by atoms with E-state index in [2.05, 4.69) is 46.6 Å². The van der Waals surface area contributed by atoms with E-state index in [1.54, 1.807) is 0 Å². The molecule has 0 aromatic heterocycles. The Hall–Kier alpha value is -1.42. The number of ether oxygens (including phenoxy) is 1. The summed E-state index contributed by atoms with van der Waals surface area (Å²) in [6.07, 6.45) is 10.4. The fourth-order valence-corrected chi connectivity index (χ4v) is 2.31. The van der Waals surface area contributed by atoms with Crippen LogP contribution < -0.4 is 4.74 Å². The third kappa shape index (κ3) is 4.60. The number of benzene rings is 1. The minimum Gasteiger partial charge on any atom is -0.493 e. The van der Waals surface area contributed by atoms with Gasteiger partial charge in [0.25, 0.3) is 0 Å². The summed E-state index contributed by atoms with van der Waals surface area (Å²) >= 11 is 0. The Bertz CT molecular complexity index is 472. The molecule has 0 fully saturated rings. The second-order valence-electron chi connectivity index (χ2n) is 6.47. The van der Waals surface area contributed by atoms with Crippen molar-refractivity contribution in [1.29, 1.82) is 0 Å². The molecule has 0 atom stereocenters. The molecule has 0 unspecified atom stereocenters. The quantitative estimate of drug-likeness (QED) is 0.509. The Kier molecular flexibility index (Phi) is 6.14. The van der Waals surface area contributed by atoms with E-state index in [-0.39, 0.29) is 5.41 Å². The summed E-state index contributed by atoms with van der Waals surface area (Å²) in [5.74, 6) is 3.76. The van der Waals surface area contributed by atoms with E-state index in [9.17, 15) is 0 Å². The largest absolute Gasteiger partial charge is 0.493 e. The number of aryl methyl sites for hydroxylation is 1. The Morgan fingerprint density at radius 3 is 2.40 bits per heavy atom. The summed E-state index contributed by atoms with van der Waals surface area (Å²) in [4.78, 5) is 0. The van der Waals surface area contributed by atoms with Gasteiger partial charge in [0.05, 0.1) is 6.61 Å². The van der Waals surface area contributed by atoms with Crippen LogP contribution in [0.1, 0.15) is 70.1 Å². The molecule has 0 aliphatic carbocycles. The van der Waals surface area contributed by atoms with Gasteiger partial charge >= 0.3 is 0 Å². The van der Waals surface area contributed by atoms with Crippen molar-refractivity contribution in [3.8, 4) is 18.1 Å². The fraction of sp³-hybridized carbons (Fsp3) is 0.579. The first kappa shape index (κ1) is 16.6. The normalized spacial score (nSPS) is 11.2. The van der Waals surface area contributed by atoms with Crippen molar-refractivity contribution in [2.45, 2.75) is 65.7 Å². The molecule has 0 aliphatic heterocycles. The third-order valence-corrected chi connectivity index (χ3v) is 3.49. The standard InChI is InChI=1S/C19H28O/c1-7-9-10-11-12-20-18-15(3)13-16(8-2)14-17(18)19(4,5)6/h2,13-14H,7,9-12H2,1,3-6H3. The van der Waals surface area contributed by atoms with E-state index in [1.165, 1.54) is 24.8 Å². The first-order chi connectivity index (χ1) is 9.40. The molecule has 1 rings (SSSR count). The number of terminal acetylenes is 1. The topological polar surface area (TPSA) is 9.23 Å². The SMILES string of the molecule is C#Cc1cc(C)c(OCCCCCC)c(C(C)(C)C)c1. The molecule has 110 valence electrons. The lowest BCUT2D eigenvalue weighted by Crippen LogP contribution is -2.15. The minimum atomic E-state index is 0.0381. The van der Waals surface area contributed by atoms with Gasteiger partial charge in [-0.25, -0.2) is 0 Å². The van der Waals surface area contributed by atoms with Crippen molar-refractivity contribution in [2.24, 2.45) is 0 Å². The lowest BCUT2D eigenvalue weighted by molar-refractivity contribution is 0.295. The van der Waals surface area contributed by atoms with Crippen molar-refractivity contribution in [3.05, 3.63) is 28.8 Å². The van der Waals surface area contributed by atoms with Crippen LogP contribution in [0.4, 0.5) is 0 Å². The Balaban J connectivity index is 2.91. The molecule has 0 spiro atoms. The van der Waals surface area contributed by atoms with Crippen LogP contribution in [-0.4, -0.2) is 6.61 Å². The van der Waals surface area contributed by atoms with Gasteiger partial charge in [0.2, 0.25) is 0 Å². The van der Waals surface area contributed by atoms with Gasteiger partial charge in [-0.3, -0.25) is 0 Å². The first-order valence-corrected chi connectivity index (χ1v) is 7.64. The molecular formula is C19H28O. The summed E-state index contributed by atoms with van der Waals surface area (Å²) in [6, 6.07) is 4.13. The second kappa shape index (κ2) is 7.39. The molecule has 0 bridgehead atoms. The summed E-state index contributed by atoms with van der Waals surface area (Å²) in [6.45, 7) is 11.7. The molecule has 0 saturated heterocycles. The van der Waals surface area contributed by atoms with Crippen molar-refractivity contribution < 1.29 is 4.74 Å². The number of rotatable bonds is 6. The average molecular weight is 272 g/mol. The summed E-state index contributed by atoms with van der Waals surface area (Å²) in [5, 5.41) is 0. The monoisotopic (exact) mass is 272 g/mol. The Labute approximate surface area is 124 Å². The average Bonchev–Trinajstić information content (AvgIpc) is 2.38. The molecule has 1 aromatic carbocycles. The maximum Gasteiger partial charge on any atom is 0.125 e. The first-order valence-electron chi connectivity index (χ1n) is 7.64. The maximum atomic E-state index is 6.07. The summed E-state index contributed by atoms with van der Waals surface area (Å²) in [5.41, 5.74) is 3.32. The van der Waals surface area contributed by atoms with Gasteiger partial charge in [-0.15, -0.1) is 6.42 Å². The molecule has 0 saturated carbocycles. The lowest BCUT2D eigenvalue weighted by Gasteiger charge is -2.25. The van der Waals surface area contributed by atoms with Crippen LogP contribution in [0.2, 0.25) is 0 Å². The number of hydrogen-bond donors (Lipinski definition) is 0. The smallest absolute Gasteiger partial charge is 0.125 e. The van der Waals surface area contributed by atoms with E-state index in [1.807, 2.05) is 6.07 Å². The van der Waals surface area contributed by atoms with Gasteiger partial charge < -0.3 is 4.74 Å². The number of hydrogen-bond acceptors (Lipinski definition) is 1. The zero-order valence-electron chi connectivity index (χ0n) is 13.7. The highest BCUT2D eigenvalue weighted by atomic mass is 16.5. The fourth-order valence-electron chi connectivity index (χ4n) is 2.31. The van der Waals surface area contributed by atoms with Gasteiger partial charge in [-0.1, -0.05) is 52.9 Å². The van der Waals surface area contributed by atoms with Crippen LogP contribution in [0.3, 0.4) is 0 Å². The van der Waals surface area contributed by atoms with Gasteiger partial charge in [0, 0.05) is 11.1 Å². The minimum absolute atomic E-state index is 0.0381. The van der Waals surface area contributed by atoms with E-state index >= 15 is 0 Å². The van der Waals surface area contributed by atoms with Crippen LogP contribution in [-0.2, 0) is 5.41 Å². The molecular weight excluding hydrogens is 244 g/mol. The molecule has 0 aliphatic rings. The van der Waals surface area contributed by atoms with Gasteiger partial charge in [0.1, 0.15) is 5.75 Å². The molecule has 1 aromatic rings. The Morgan fingerprint density at radius 2 is 1.85 bits per heavy atom. The van der Waals surface area contributed by atoms with Crippen LogP contribution in [0, 0.1) is 19.3 Å². The van der Waals surface area contributed by atoms with E-state index in [0.29, 0.717) is 0 Å². The number of unbranched alkanes of at least 4 members (excludes halogenated alkanes) is 3. The molecule has 0 amide bonds. The molecule has 0 radical (unpaired) electrons. The molecule has 0 N–H and O–H groups in total. The third-order valence-electron chi connectivity index (χ3n) is 3.49. The predicted molar refractivity (Wildman–Crippen MR) is 87.5 cm³/mol. The van der Waals surface area contributed by atoms with Crippen LogP contribution in [0.25, 0.3) is 0 Å². The van der Waals surface area contributed by atoms with Crippen molar-refractivity contribution >= 4 is 0 Å². The molecule has 1 heteroatoms. The zero-order valence-corrected chi connectivity index (χ0v) is 13.7. The van der Waals surface area contributed by atoms with Crippen LogP contribution in [0.15, 0.2) is 12.1 Å².